The molecular formula is C14H18N4O2. The first-order valence-corrected chi connectivity index (χ1v) is 6.52. The Bertz CT molecular complexity index is 553. The van der Waals surface area contributed by atoms with Gasteiger partial charge in [-0.2, -0.15) is 0 Å². The van der Waals surface area contributed by atoms with Gasteiger partial charge in [-0.3, -0.25) is 4.79 Å². The fourth-order valence-corrected chi connectivity index (χ4v) is 1.67. The van der Waals surface area contributed by atoms with Gasteiger partial charge in [0, 0.05) is 13.2 Å². The molecule has 2 rings (SSSR count). The molecule has 0 aliphatic heterocycles. The van der Waals surface area contributed by atoms with Crippen molar-refractivity contribution in [2.45, 2.75) is 13.5 Å². The van der Waals surface area contributed by atoms with Crippen LogP contribution in [0.2, 0.25) is 0 Å². The SMILES string of the molecule is CC(CO)CNC(=O)c1cn(Cc2ccccc2)nn1. The predicted molar refractivity (Wildman–Crippen MR) is 74.1 cm³/mol. The number of hydrogen-bond donors (Lipinski definition) is 2. The van der Waals surface area contributed by atoms with Gasteiger partial charge in [0.25, 0.3) is 5.91 Å². The normalized spacial score (nSPS) is 12.1. The molecule has 1 aromatic heterocycles. The third-order valence-electron chi connectivity index (χ3n) is 2.88. The maximum absolute atomic E-state index is 11.8. The second-order valence-corrected chi connectivity index (χ2v) is 4.78. The molecule has 0 bridgehead atoms. The van der Waals surface area contributed by atoms with Gasteiger partial charge in [0.1, 0.15) is 0 Å². The Morgan fingerprint density at radius 1 is 1.40 bits per heavy atom. The number of hydrogen-bond acceptors (Lipinski definition) is 4. The number of carbonyl (C=O) groups excluding carboxylic acids is 1. The smallest absolute Gasteiger partial charge is 0.273 e. The number of nitrogens with zero attached hydrogens (tertiary/aromatic N) is 3. The highest BCUT2D eigenvalue weighted by atomic mass is 16.3. The van der Waals surface area contributed by atoms with Gasteiger partial charge in [-0.25, -0.2) is 4.68 Å². The molecule has 106 valence electrons. The van der Waals surface area contributed by atoms with Crippen LogP contribution < -0.4 is 5.32 Å². The topological polar surface area (TPSA) is 80.0 Å². The van der Waals surface area contributed by atoms with Gasteiger partial charge in [0.15, 0.2) is 5.69 Å². The van der Waals surface area contributed by atoms with Gasteiger partial charge in [-0.15, -0.1) is 5.10 Å². The van der Waals surface area contributed by atoms with Crippen LogP contribution in [0.1, 0.15) is 23.0 Å². The van der Waals surface area contributed by atoms with E-state index in [1.807, 2.05) is 37.3 Å². The maximum atomic E-state index is 11.8. The number of rotatable bonds is 6. The van der Waals surface area contributed by atoms with Crippen molar-refractivity contribution in [3.63, 3.8) is 0 Å². The van der Waals surface area contributed by atoms with E-state index < -0.39 is 0 Å². The van der Waals surface area contributed by atoms with Crippen molar-refractivity contribution in [3.8, 4) is 0 Å². The van der Waals surface area contributed by atoms with E-state index in [1.165, 1.54) is 0 Å². The lowest BCUT2D eigenvalue weighted by Crippen LogP contribution is -2.29. The fourth-order valence-electron chi connectivity index (χ4n) is 1.67. The highest BCUT2D eigenvalue weighted by molar-refractivity contribution is 5.91. The molecule has 0 aliphatic rings. The van der Waals surface area contributed by atoms with Crippen LogP contribution in [0.4, 0.5) is 0 Å². The van der Waals surface area contributed by atoms with Crippen LogP contribution in [-0.2, 0) is 6.54 Å². The molecule has 0 fully saturated rings. The Hall–Kier alpha value is -2.21. The number of aliphatic hydroxyl groups excluding tert-OH is 1. The van der Waals surface area contributed by atoms with E-state index in [0.717, 1.165) is 5.56 Å². The fraction of sp³-hybridized carbons (Fsp3) is 0.357. The van der Waals surface area contributed by atoms with Crippen molar-refractivity contribution in [1.82, 2.24) is 20.3 Å². The lowest BCUT2D eigenvalue weighted by atomic mass is 10.2. The van der Waals surface area contributed by atoms with Crippen molar-refractivity contribution in [2.24, 2.45) is 5.92 Å². The average molecular weight is 274 g/mol. The van der Waals surface area contributed by atoms with E-state index in [9.17, 15) is 4.79 Å². The number of aromatic nitrogens is 3. The second kappa shape index (κ2) is 6.81. The summed E-state index contributed by atoms with van der Waals surface area (Å²) in [5.41, 5.74) is 1.38. The highest BCUT2D eigenvalue weighted by Crippen LogP contribution is 2.02. The maximum Gasteiger partial charge on any atom is 0.273 e. The Morgan fingerprint density at radius 3 is 2.85 bits per heavy atom. The molecule has 0 radical (unpaired) electrons. The summed E-state index contributed by atoms with van der Waals surface area (Å²) >= 11 is 0. The molecule has 0 aliphatic carbocycles. The summed E-state index contributed by atoms with van der Waals surface area (Å²) in [7, 11) is 0. The molecule has 2 aromatic rings. The molecule has 6 nitrogen and oxygen atoms in total. The van der Waals surface area contributed by atoms with Gasteiger partial charge in [-0.05, 0) is 11.5 Å². The van der Waals surface area contributed by atoms with Crippen LogP contribution in [-0.4, -0.2) is 39.2 Å². The van der Waals surface area contributed by atoms with Crippen molar-refractivity contribution in [1.29, 1.82) is 0 Å². The largest absolute Gasteiger partial charge is 0.396 e. The number of carbonyl (C=O) groups is 1. The minimum absolute atomic E-state index is 0.0262. The van der Waals surface area contributed by atoms with Crippen LogP contribution in [0.15, 0.2) is 36.5 Å². The van der Waals surface area contributed by atoms with E-state index in [1.54, 1.807) is 10.9 Å². The zero-order chi connectivity index (χ0) is 14.4. The molecule has 0 spiro atoms. The second-order valence-electron chi connectivity index (χ2n) is 4.78. The molecule has 1 amide bonds. The number of amides is 1. The summed E-state index contributed by atoms with van der Waals surface area (Å²) < 4.78 is 1.62. The molecule has 0 saturated heterocycles. The average Bonchev–Trinajstić information content (AvgIpc) is 2.94. The Morgan fingerprint density at radius 2 is 2.15 bits per heavy atom. The van der Waals surface area contributed by atoms with Crippen LogP contribution in [0.5, 0.6) is 0 Å². The molecule has 1 heterocycles. The first-order valence-electron chi connectivity index (χ1n) is 6.52. The highest BCUT2D eigenvalue weighted by Gasteiger charge is 2.11. The van der Waals surface area contributed by atoms with Crippen LogP contribution in [0, 0.1) is 5.92 Å². The van der Waals surface area contributed by atoms with Crippen molar-refractivity contribution in [2.75, 3.05) is 13.2 Å². The van der Waals surface area contributed by atoms with Crippen LogP contribution >= 0.6 is 0 Å². The molecule has 6 heteroatoms. The summed E-state index contributed by atoms with van der Waals surface area (Å²) in [6.45, 7) is 2.89. The summed E-state index contributed by atoms with van der Waals surface area (Å²) in [6, 6.07) is 9.84. The molecular weight excluding hydrogens is 256 g/mol. The number of aliphatic hydroxyl groups is 1. The van der Waals surface area contributed by atoms with Gasteiger partial charge >= 0.3 is 0 Å². The zero-order valence-electron chi connectivity index (χ0n) is 11.4. The predicted octanol–water partition coefficient (Wildman–Crippen LogP) is 0.685. The van der Waals surface area contributed by atoms with E-state index >= 15 is 0 Å². The van der Waals surface area contributed by atoms with E-state index in [4.69, 9.17) is 5.11 Å². The van der Waals surface area contributed by atoms with Gasteiger partial charge < -0.3 is 10.4 Å². The molecule has 0 saturated carbocycles. The Balaban J connectivity index is 1.93. The molecule has 1 atom stereocenters. The zero-order valence-corrected chi connectivity index (χ0v) is 11.4. The summed E-state index contributed by atoms with van der Waals surface area (Å²) in [5, 5.41) is 19.4. The third kappa shape index (κ3) is 3.89. The summed E-state index contributed by atoms with van der Waals surface area (Å²) in [6.07, 6.45) is 1.62. The van der Waals surface area contributed by atoms with Crippen LogP contribution in [0.25, 0.3) is 0 Å². The van der Waals surface area contributed by atoms with Gasteiger partial charge in [0.2, 0.25) is 0 Å². The molecule has 2 N–H and O–H groups in total. The standard InChI is InChI=1S/C14H18N4O2/c1-11(10-19)7-15-14(20)13-9-18(17-16-13)8-12-5-3-2-4-6-12/h2-6,9,11,19H,7-8,10H2,1H3,(H,15,20). The Labute approximate surface area is 117 Å². The Kier molecular flexibility index (Phi) is 4.84. The van der Waals surface area contributed by atoms with Gasteiger partial charge in [0.05, 0.1) is 12.7 Å². The number of benzene rings is 1. The molecule has 1 unspecified atom stereocenters. The van der Waals surface area contributed by atoms with Crippen LogP contribution in [0.3, 0.4) is 0 Å². The summed E-state index contributed by atoms with van der Waals surface area (Å²) in [4.78, 5) is 11.8. The van der Waals surface area contributed by atoms with E-state index in [0.29, 0.717) is 13.1 Å². The van der Waals surface area contributed by atoms with Crippen molar-refractivity contribution in [3.05, 3.63) is 47.8 Å². The third-order valence-corrected chi connectivity index (χ3v) is 2.88. The lowest BCUT2D eigenvalue weighted by Gasteiger charge is -2.07. The van der Waals surface area contributed by atoms with Gasteiger partial charge in [-0.1, -0.05) is 42.5 Å². The van der Waals surface area contributed by atoms with E-state index in [-0.39, 0.29) is 24.1 Å². The van der Waals surface area contributed by atoms with Crippen molar-refractivity contribution < 1.29 is 9.90 Å². The molecule has 20 heavy (non-hydrogen) atoms. The lowest BCUT2D eigenvalue weighted by molar-refractivity contribution is 0.0937. The minimum Gasteiger partial charge on any atom is -0.396 e. The number of nitrogens with one attached hydrogen (secondary N) is 1. The van der Waals surface area contributed by atoms with Crippen molar-refractivity contribution >= 4 is 5.91 Å². The summed E-state index contributed by atoms with van der Waals surface area (Å²) in [5.74, 6) is -0.247. The monoisotopic (exact) mass is 274 g/mol. The first kappa shape index (κ1) is 14.2. The quantitative estimate of drug-likeness (QED) is 0.812. The minimum atomic E-state index is -0.274. The van der Waals surface area contributed by atoms with E-state index in [2.05, 4.69) is 15.6 Å². The molecule has 1 aromatic carbocycles. The first-order chi connectivity index (χ1) is 9.69.